The molecule has 0 aliphatic heterocycles. The van der Waals surface area contributed by atoms with Crippen molar-refractivity contribution in [2.75, 3.05) is 0 Å². The Morgan fingerprint density at radius 3 is 2.42 bits per heavy atom. The lowest BCUT2D eigenvalue weighted by atomic mass is 10.2. The molecule has 24 heavy (non-hydrogen) atoms. The second-order valence-electron chi connectivity index (χ2n) is 5.14. The molecule has 0 aromatic rings. The highest BCUT2D eigenvalue weighted by atomic mass is 19.4. The minimum atomic E-state index is -4.16. The van der Waals surface area contributed by atoms with Gasteiger partial charge in [0.1, 0.15) is 6.10 Å². The standard InChI is InChI=1S/C19H25F3O2/c1-2-12-17(23)13-9-5-6-10-15-18(24)14-8-4-3-7-11-16-19(20,21)22/h4-9,11,13,17-18,23-24H,2-3,12,14,16H2,1H3/b6-5+,8-4-,11-7-,13-9+/t17-,18-/m0/s1. The highest BCUT2D eigenvalue weighted by molar-refractivity contribution is 5.22. The highest BCUT2D eigenvalue weighted by Crippen LogP contribution is 2.19. The first kappa shape index (κ1) is 22.2. The third kappa shape index (κ3) is 16.6. The normalized spacial score (nSPS) is 15.4. The largest absolute Gasteiger partial charge is 0.392 e. The third-order valence-electron chi connectivity index (χ3n) is 2.77. The van der Waals surface area contributed by atoms with E-state index in [0.717, 1.165) is 12.5 Å². The number of rotatable bonds is 9. The predicted molar refractivity (Wildman–Crippen MR) is 91.2 cm³/mol. The van der Waals surface area contributed by atoms with Gasteiger partial charge in [-0.15, -0.1) is 0 Å². The van der Waals surface area contributed by atoms with Gasteiger partial charge in [0, 0.05) is 6.42 Å². The van der Waals surface area contributed by atoms with E-state index in [0.29, 0.717) is 19.3 Å². The van der Waals surface area contributed by atoms with E-state index in [1.807, 2.05) is 6.92 Å². The van der Waals surface area contributed by atoms with Crippen LogP contribution in [0.3, 0.4) is 0 Å². The summed E-state index contributed by atoms with van der Waals surface area (Å²) in [5.74, 6) is 5.30. The van der Waals surface area contributed by atoms with E-state index >= 15 is 0 Å². The van der Waals surface area contributed by atoms with Gasteiger partial charge in [0.05, 0.1) is 12.5 Å². The number of hydrogen-bond acceptors (Lipinski definition) is 2. The number of aliphatic hydroxyl groups is 2. The average molecular weight is 342 g/mol. The van der Waals surface area contributed by atoms with Crippen LogP contribution in [0.5, 0.6) is 0 Å². The zero-order chi connectivity index (χ0) is 18.3. The zero-order valence-corrected chi connectivity index (χ0v) is 13.8. The zero-order valence-electron chi connectivity index (χ0n) is 13.8. The van der Waals surface area contributed by atoms with Gasteiger partial charge in [0.2, 0.25) is 0 Å². The number of aliphatic hydroxyl groups excluding tert-OH is 2. The average Bonchev–Trinajstić information content (AvgIpc) is 2.49. The molecule has 0 unspecified atom stereocenters. The van der Waals surface area contributed by atoms with Crippen LogP contribution in [0.1, 0.15) is 39.0 Å². The van der Waals surface area contributed by atoms with Gasteiger partial charge in [-0.2, -0.15) is 13.2 Å². The third-order valence-corrected chi connectivity index (χ3v) is 2.77. The van der Waals surface area contributed by atoms with Crippen LogP contribution >= 0.6 is 0 Å². The molecule has 0 amide bonds. The quantitative estimate of drug-likeness (QED) is 0.369. The molecule has 5 heteroatoms. The van der Waals surface area contributed by atoms with Gasteiger partial charge in [-0.05, 0) is 18.9 Å². The minimum absolute atomic E-state index is 0.318. The highest BCUT2D eigenvalue weighted by Gasteiger charge is 2.24. The summed E-state index contributed by atoms with van der Waals surface area (Å²) in [5, 5.41) is 19.0. The van der Waals surface area contributed by atoms with Crippen molar-refractivity contribution in [3.8, 4) is 11.8 Å². The van der Waals surface area contributed by atoms with Crippen molar-refractivity contribution < 1.29 is 23.4 Å². The van der Waals surface area contributed by atoms with Crippen LogP contribution in [0, 0.1) is 11.8 Å². The summed E-state index contributed by atoms with van der Waals surface area (Å²) < 4.78 is 35.6. The van der Waals surface area contributed by atoms with Crippen LogP contribution in [0.25, 0.3) is 0 Å². The molecule has 0 aliphatic carbocycles. The molecule has 0 aromatic carbocycles. The number of halogens is 3. The van der Waals surface area contributed by atoms with E-state index in [1.54, 1.807) is 36.5 Å². The van der Waals surface area contributed by atoms with Crippen LogP contribution in [0.15, 0.2) is 48.6 Å². The van der Waals surface area contributed by atoms with Gasteiger partial charge in [-0.3, -0.25) is 0 Å². The second-order valence-corrected chi connectivity index (χ2v) is 5.14. The molecule has 0 radical (unpaired) electrons. The minimum Gasteiger partial charge on any atom is -0.389 e. The maximum Gasteiger partial charge on any atom is 0.392 e. The summed E-state index contributed by atoms with van der Waals surface area (Å²) in [6.07, 6.45) is 8.48. The Hall–Kier alpha value is -1.77. The van der Waals surface area contributed by atoms with Crippen LogP contribution in [0.4, 0.5) is 13.2 Å². The lowest BCUT2D eigenvalue weighted by Crippen LogP contribution is -2.03. The molecule has 0 heterocycles. The molecular formula is C19H25F3O2. The molecule has 2 nitrogen and oxygen atoms in total. The lowest BCUT2D eigenvalue weighted by molar-refractivity contribution is -0.125. The summed E-state index contributed by atoms with van der Waals surface area (Å²) >= 11 is 0. The van der Waals surface area contributed by atoms with Gasteiger partial charge in [-0.1, -0.05) is 67.7 Å². The maximum atomic E-state index is 11.9. The number of hydrogen-bond donors (Lipinski definition) is 2. The predicted octanol–water partition coefficient (Wildman–Crippen LogP) is 4.47. The molecule has 0 spiro atoms. The molecule has 0 bridgehead atoms. The molecule has 0 aliphatic rings. The Balaban J connectivity index is 3.94. The Morgan fingerprint density at radius 2 is 1.75 bits per heavy atom. The van der Waals surface area contributed by atoms with Crippen LogP contribution in [0.2, 0.25) is 0 Å². The fourth-order valence-electron chi connectivity index (χ4n) is 1.60. The molecular weight excluding hydrogens is 317 g/mol. The second kappa shape index (κ2) is 13.6. The van der Waals surface area contributed by atoms with Crippen molar-refractivity contribution in [2.24, 2.45) is 0 Å². The first-order valence-electron chi connectivity index (χ1n) is 7.92. The molecule has 134 valence electrons. The maximum absolute atomic E-state index is 11.9. The van der Waals surface area contributed by atoms with Gasteiger partial charge >= 0.3 is 6.18 Å². The number of alkyl halides is 3. The monoisotopic (exact) mass is 342 g/mol. The van der Waals surface area contributed by atoms with E-state index in [2.05, 4.69) is 11.8 Å². The van der Waals surface area contributed by atoms with Gasteiger partial charge in [0.25, 0.3) is 0 Å². The van der Waals surface area contributed by atoms with E-state index in [1.165, 1.54) is 6.08 Å². The smallest absolute Gasteiger partial charge is 0.389 e. The van der Waals surface area contributed by atoms with Gasteiger partial charge in [-0.25, -0.2) is 0 Å². The Kier molecular flexibility index (Phi) is 12.6. The summed E-state index contributed by atoms with van der Waals surface area (Å²) in [5.41, 5.74) is 0. The Labute approximate surface area is 142 Å². The summed E-state index contributed by atoms with van der Waals surface area (Å²) in [7, 11) is 0. The fraction of sp³-hybridized carbons (Fsp3) is 0.474. The van der Waals surface area contributed by atoms with Crippen LogP contribution < -0.4 is 0 Å². The van der Waals surface area contributed by atoms with Crippen molar-refractivity contribution >= 4 is 0 Å². The molecule has 0 aromatic heterocycles. The SMILES string of the molecule is CCC[C@H](O)/C=C/C=C/C#C[C@@H](O)C/C=C\C/C=C\CC(F)(F)F. The van der Waals surface area contributed by atoms with Crippen molar-refractivity contribution in [1.29, 1.82) is 0 Å². The molecule has 0 fully saturated rings. The van der Waals surface area contributed by atoms with E-state index in [4.69, 9.17) is 0 Å². The van der Waals surface area contributed by atoms with E-state index in [9.17, 15) is 23.4 Å². The lowest BCUT2D eigenvalue weighted by Gasteiger charge is -1.99. The van der Waals surface area contributed by atoms with Crippen LogP contribution in [-0.4, -0.2) is 28.6 Å². The summed E-state index contributed by atoms with van der Waals surface area (Å²) in [6.45, 7) is 1.99. The van der Waals surface area contributed by atoms with Gasteiger partial charge < -0.3 is 10.2 Å². The van der Waals surface area contributed by atoms with Crippen molar-refractivity contribution in [2.45, 2.75) is 57.4 Å². The topological polar surface area (TPSA) is 40.5 Å². The Bertz CT molecular complexity index is 491. The first-order chi connectivity index (χ1) is 11.3. The van der Waals surface area contributed by atoms with E-state index in [-0.39, 0.29) is 0 Å². The first-order valence-corrected chi connectivity index (χ1v) is 7.92. The van der Waals surface area contributed by atoms with E-state index < -0.39 is 24.8 Å². The fourth-order valence-corrected chi connectivity index (χ4v) is 1.60. The van der Waals surface area contributed by atoms with Gasteiger partial charge in [0.15, 0.2) is 0 Å². The van der Waals surface area contributed by atoms with Crippen molar-refractivity contribution in [3.05, 3.63) is 48.6 Å². The summed E-state index contributed by atoms with van der Waals surface area (Å²) in [4.78, 5) is 0. The van der Waals surface area contributed by atoms with Crippen molar-refractivity contribution in [3.63, 3.8) is 0 Å². The Morgan fingerprint density at radius 1 is 1.04 bits per heavy atom. The molecule has 2 N–H and O–H groups in total. The molecule has 0 saturated heterocycles. The summed E-state index contributed by atoms with van der Waals surface area (Å²) in [6, 6.07) is 0. The van der Waals surface area contributed by atoms with Crippen LogP contribution in [-0.2, 0) is 0 Å². The molecule has 2 atom stereocenters. The molecule has 0 rings (SSSR count). The number of allylic oxidation sites excluding steroid dienone is 6. The van der Waals surface area contributed by atoms with Crippen molar-refractivity contribution in [1.82, 2.24) is 0 Å². The molecule has 0 saturated carbocycles.